The molecule has 0 aliphatic heterocycles. The molecule has 0 unspecified atom stereocenters. The van der Waals surface area contributed by atoms with Crippen LogP contribution in [-0.4, -0.2) is 36.5 Å². The number of hydrogen-bond acceptors (Lipinski definition) is 3. The van der Waals surface area contributed by atoms with E-state index in [2.05, 4.69) is 21.9 Å². The smallest absolute Gasteiger partial charge is 0.387 e. The summed E-state index contributed by atoms with van der Waals surface area (Å²) in [5.41, 5.74) is 9.38. The van der Waals surface area contributed by atoms with E-state index in [0.29, 0.717) is 23.1 Å². The highest BCUT2D eigenvalue weighted by Crippen LogP contribution is 2.54. The summed E-state index contributed by atoms with van der Waals surface area (Å²) in [4.78, 5) is 8.33. The van der Waals surface area contributed by atoms with Crippen LogP contribution >= 0.6 is 11.8 Å². The largest absolute Gasteiger partial charge is 0.405 e. The van der Waals surface area contributed by atoms with E-state index in [1.807, 2.05) is 48.5 Å². The van der Waals surface area contributed by atoms with Crippen molar-refractivity contribution in [3.8, 4) is 11.1 Å². The number of nitrogens with one attached hydrogen (secondary N) is 1. The number of amidine groups is 2. The second-order valence-electron chi connectivity index (χ2n) is 8.01. The maximum atomic E-state index is 13.0. The van der Waals surface area contributed by atoms with Crippen LogP contribution in [0.1, 0.15) is 37.3 Å². The van der Waals surface area contributed by atoms with Gasteiger partial charge in [-0.1, -0.05) is 73.3 Å². The van der Waals surface area contributed by atoms with Crippen LogP contribution < -0.4 is 11.1 Å². The zero-order chi connectivity index (χ0) is 24.1. The Morgan fingerprint density at radius 1 is 1.06 bits per heavy atom. The lowest BCUT2D eigenvalue weighted by Crippen LogP contribution is -2.39. The van der Waals surface area contributed by atoms with Gasteiger partial charge >= 0.3 is 6.18 Å². The van der Waals surface area contributed by atoms with Crippen molar-refractivity contribution in [2.75, 3.05) is 19.3 Å². The van der Waals surface area contributed by atoms with Crippen LogP contribution in [0.2, 0.25) is 0 Å². The van der Waals surface area contributed by atoms with Crippen molar-refractivity contribution >= 4 is 22.8 Å². The minimum absolute atomic E-state index is 0.379. The van der Waals surface area contributed by atoms with Gasteiger partial charge in [0.1, 0.15) is 6.54 Å². The maximum Gasteiger partial charge on any atom is 0.405 e. The van der Waals surface area contributed by atoms with Crippen molar-refractivity contribution < 1.29 is 13.2 Å². The van der Waals surface area contributed by atoms with Crippen LogP contribution in [0.4, 0.5) is 13.2 Å². The van der Waals surface area contributed by atoms with E-state index in [0.717, 1.165) is 40.8 Å². The summed E-state index contributed by atoms with van der Waals surface area (Å²) in [5, 5.41) is 3.22. The molecule has 1 aliphatic carbocycles. The van der Waals surface area contributed by atoms with Crippen LogP contribution in [0.25, 0.3) is 11.1 Å². The monoisotopic (exact) mass is 474 g/mol. The van der Waals surface area contributed by atoms with Crippen molar-refractivity contribution in [2.45, 2.75) is 37.8 Å². The van der Waals surface area contributed by atoms with Gasteiger partial charge in [-0.2, -0.15) is 13.2 Å². The fourth-order valence-electron chi connectivity index (χ4n) is 4.38. The summed E-state index contributed by atoms with van der Waals surface area (Å²) in [6, 6.07) is 15.8. The molecule has 33 heavy (non-hydrogen) atoms. The second-order valence-corrected chi connectivity index (χ2v) is 9.07. The highest BCUT2D eigenvalue weighted by atomic mass is 32.2. The molecular weight excluding hydrogens is 445 g/mol. The number of unbranched alkanes of at least 4 members (excludes halogenated alkanes) is 1. The number of fused-ring (bicyclic) bond motifs is 3. The predicted molar refractivity (Wildman–Crippen MR) is 133 cm³/mol. The molecule has 0 fully saturated rings. The molecule has 0 spiro atoms. The van der Waals surface area contributed by atoms with E-state index in [9.17, 15) is 13.2 Å². The van der Waals surface area contributed by atoms with Gasteiger partial charge in [0.05, 0.1) is 11.3 Å². The minimum Gasteiger partial charge on any atom is -0.387 e. The fraction of sp³-hybridized carbons (Fsp3) is 0.360. The van der Waals surface area contributed by atoms with Gasteiger partial charge < -0.3 is 11.1 Å². The zero-order valence-corrected chi connectivity index (χ0v) is 19.7. The normalized spacial score (nSPS) is 15.2. The lowest BCUT2D eigenvalue weighted by Gasteiger charge is -2.35. The molecule has 3 N–H and O–H groups in total. The summed E-state index contributed by atoms with van der Waals surface area (Å²) >= 11 is 1.52. The SMILES string of the molecule is C=C(NCC(F)(F)F)C1(CCCCSC(=NC)/N=C(\C)N)c2ccccc2-c2ccccc21. The van der Waals surface area contributed by atoms with Gasteiger partial charge in [0.15, 0.2) is 5.17 Å². The molecule has 0 heterocycles. The molecule has 0 bridgehead atoms. The van der Waals surface area contributed by atoms with Crippen molar-refractivity contribution in [2.24, 2.45) is 15.7 Å². The number of rotatable bonds is 8. The minimum atomic E-state index is -4.32. The van der Waals surface area contributed by atoms with Crippen molar-refractivity contribution in [1.29, 1.82) is 0 Å². The molecule has 2 aromatic carbocycles. The van der Waals surface area contributed by atoms with Gasteiger partial charge in [0.2, 0.25) is 0 Å². The molecule has 8 heteroatoms. The van der Waals surface area contributed by atoms with Crippen LogP contribution in [0, 0.1) is 0 Å². The van der Waals surface area contributed by atoms with E-state index < -0.39 is 18.1 Å². The number of alkyl halides is 3. The Labute approximate surface area is 197 Å². The van der Waals surface area contributed by atoms with Crippen LogP contribution in [-0.2, 0) is 5.41 Å². The maximum absolute atomic E-state index is 13.0. The number of hydrogen-bond donors (Lipinski definition) is 2. The lowest BCUT2D eigenvalue weighted by molar-refractivity contribution is -0.123. The number of nitrogens with zero attached hydrogens (tertiary/aromatic N) is 2. The summed E-state index contributed by atoms with van der Waals surface area (Å²) in [6.07, 6.45) is -2.04. The highest BCUT2D eigenvalue weighted by molar-refractivity contribution is 8.13. The van der Waals surface area contributed by atoms with Crippen molar-refractivity contribution in [3.05, 3.63) is 71.9 Å². The van der Waals surface area contributed by atoms with Gasteiger partial charge in [-0.3, -0.25) is 4.99 Å². The molecule has 0 radical (unpaired) electrons. The Kier molecular flexibility index (Phi) is 7.89. The fourth-order valence-corrected chi connectivity index (χ4v) is 5.25. The van der Waals surface area contributed by atoms with Gasteiger partial charge in [0.25, 0.3) is 0 Å². The van der Waals surface area contributed by atoms with Crippen molar-refractivity contribution in [1.82, 2.24) is 5.32 Å². The third-order valence-electron chi connectivity index (χ3n) is 5.72. The molecule has 2 aromatic rings. The number of benzene rings is 2. The quantitative estimate of drug-likeness (QED) is 0.285. The average Bonchev–Trinajstić information content (AvgIpc) is 3.07. The van der Waals surface area contributed by atoms with E-state index in [4.69, 9.17) is 5.73 Å². The molecule has 0 saturated carbocycles. The standard InChI is InChI=1S/C25H29F3N4S/c1-17(31-16-25(26,27)28)24(14-8-9-15-33-23(30-3)32-18(2)29)21-12-6-4-10-19(21)20-11-5-7-13-22(20)24/h4-7,10-13,31H,1,8-9,14-16H2,2-3H3,(H2,29,30,32). The Balaban J connectivity index is 1.86. The molecule has 176 valence electrons. The summed E-state index contributed by atoms with van der Waals surface area (Å²) in [5.74, 6) is 1.24. The molecule has 3 rings (SSSR count). The molecule has 0 amide bonds. The average molecular weight is 475 g/mol. The summed E-state index contributed by atoms with van der Waals surface area (Å²) in [6.45, 7) is 4.72. The Bertz CT molecular complexity index is 1010. The molecule has 0 atom stereocenters. The first-order valence-corrected chi connectivity index (χ1v) is 11.8. The van der Waals surface area contributed by atoms with Crippen LogP contribution in [0.15, 0.2) is 70.8 Å². The van der Waals surface area contributed by atoms with Crippen molar-refractivity contribution in [3.63, 3.8) is 0 Å². The first kappa shape index (κ1) is 24.9. The van der Waals surface area contributed by atoms with Gasteiger partial charge in [-0.25, -0.2) is 4.99 Å². The Morgan fingerprint density at radius 2 is 1.64 bits per heavy atom. The number of thioether (sulfide) groups is 1. The first-order chi connectivity index (χ1) is 15.7. The Hall–Kier alpha value is -2.74. The molecular formula is C25H29F3N4S. The third kappa shape index (κ3) is 5.61. The first-order valence-electron chi connectivity index (χ1n) is 10.8. The molecule has 0 saturated heterocycles. The van der Waals surface area contributed by atoms with E-state index in [1.54, 1.807) is 14.0 Å². The van der Waals surface area contributed by atoms with E-state index >= 15 is 0 Å². The second kappa shape index (κ2) is 10.5. The zero-order valence-electron chi connectivity index (χ0n) is 18.9. The van der Waals surface area contributed by atoms with Gasteiger partial charge in [-0.15, -0.1) is 0 Å². The van der Waals surface area contributed by atoms with Crippen LogP contribution in [0.5, 0.6) is 0 Å². The molecule has 4 nitrogen and oxygen atoms in total. The number of halogens is 3. The highest BCUT2D eigenvalue weighted by Gasteiger charge is 2.45. The van der Waals surface area contributed by atoms with Gasteiger partial charge in [0, 0.05) is 18.5 Å². The number of aliphatic imine (C=N–C) groups is 2. The third-order valence-corrected chi connectivity index (χ3v) is 6.75. The molecule has 0 aromatic heterocycles. The number of allylic oxidation sites excluding steroid dienone is 1. The summed E-state index contributed by atoms with van der Waals surface area (Å²) in [7, 11) is 1.67. The number of nitrogens with two attached hydrogens (primary N) is 1. The summed E-state index contributed by atoms with van der Waals surface area (Å²) < 4.78 is 39.1. The van der Waals surface area contributed by atoms with Crippen LogP contribution in [0.3, 0.4) is 0 Å². The van der Waals surface area contributed by atoms with E-state index in [-0.39, 0.29) is 0 Å². The van der Waals surface area contributed by atoms with E-state index in [1.165, 1.54) is 11.8 Å². The Morgan fingerprint density at radius 3 is 2.15 bits per heavy atom. The van der Waals surface area contributed by atoms with Gasteiger partial charge in [-0.05, 0) is 42.0 Å². The topological polar surface area (TPSA) is 62.8 Å². The molecule has 1 aliphatic rings. The lowest BCUT2D eigenvalue weighted by atomic mass is 9.72. The predicted octanol–water partition coefficient (Wildman–Crippen LogP) is 5.89.